The molecule has 44 heavy (non-hydrogen) atoms. The van der Waals surface area contributed by atoms with Gasteiger partial charge in [0.25, 0.3) is 6.01 Å². The topological polar surface area (TPSA) is 93.9 Å². The highest BCUT2D eigenvalue weighted by atomic mass is 32.2. The number of oxazole rings is 1. The normalized spacial score (nSPS) is 19.6. The van der Waals surface area contributed by atoms with E-state index in [9.17, 15) is 9.59 Å². The van der Waals surface area contributed by atoms with Gasteiger partial charge >= 0.3 is 5.97 Å². The van der Waals surface area contributed by atoms with Crippen LogP contribution in [0.4, 0.5) is 11.7 Å². The molecule has 2 aliphatic rings. The van der Waals surface area contributed by atoms with Crippen molar-refractivity contribution >= 4 is 46.3 Å². The van der Waals surface area contributed by atoms with Gasteiger partial charge in [-0.1, -0.05) is 48.2 Å². The zero-order valence-electron chi connectivity index (χ0n) is 25.3. The number of esters is 1. The molecule has 6 rings (SSSR count). The molecule has 1 aliphatic heterocycles. The lowest BCUT2D eigenvalue weighted by Crippen LogP contribution is -2.37. The largest absolute Gasteiger partial charge is 0.469 e. The van der Waals surface area contributed by atoms with Crippen molar-refractivity contribution in [3.05, 3.63) is 83.4 Å². The summed E-state index contributed by atoms with van der Waals surface area (Å²) >= 11 is 1.70. The van der Waals surface area contributed by atoms with E-state index in [4.69, 9.17) is 13.9 Å². The van der Waals surface area contributed by atoms with Crippen molar-refractivity contribution < 1.29 is 23.5 Å². The highest BCUT2D eigenvalue weighted by molar-refractivity contribution is 7.99. The molecule has 1 aromatic heterocycles. The third-order valence-electron chi connectivity index (χ3n) is 8.57. The number of hydrogen-bond acceptors (Lipinski definition) is 9. The van der Waals surface area contributed by atoms with Crippen molar-refractivity contribution in [1.82, 2.24) is 9.88 Å². The maximum absolute atomic E-state index is 13.2. The minimum absolute atomic E-state index is 0.0149. The van der Waals surface area contributed by atoms with Crippen molar-refractivity contribution in [3.8, 4) is 0 Å². The number of likely N-dealkylation sites (tertiary alicyclic amines) is 1. The molecule has 3 aromatic carbocycles. The van der Waals surface area contributed by atoms with E-state index in [0.29, 0.717) is 17.2 Å². The number of thioether (sulfide) groups is 1. The Morgan fingerprint density at radius 1 is 1.02 bits per heavy atom. The van der Waals surface area contributed by atoms with Crippen LogP contribution in [0.3, 0.4) is 0 Å². The fraction of sp³-hybridized carbons (Fsp3) is 0.400. The quantitative estimate of drug-likeness (QED) is 0.0797. The lowest BCUT2D eigenvalue weighted by molar-refractivity contribution is -0.148. The summed E-state index contributed by atoms with van der Waals surface area (Å²) in [6.45, 7) is 4.07. The number of carbonyl (C=O) groups excluding carboxylic acids is 2. The number of ketones is 1. The van der Waals surface area contributed by atoms with E-state index >= 15 is 0 Å². The Balaban J connectivity index is 1.07. The second-order valence-corrected chi connectivity index (χ2v) is 12.8. The summed E-state index contributed by atoms with van der Waals surface area (Å²) in [5.41, 5.74) is 4.89. The van der Waals surface area contributed by atoms with Gasteiger partial charge in [0.1, 0.15) is 5.52 Å². The number of para-hydroxylation sites is 1. The Bertz CT molecular complexity index is 1590. The van der Waals surface area contributed by atoms with E-state index < -0.39 is 0 Å². The van der Waals surface area contributed by atoms with Crippen LogP contribution in [0.25, 0.3) is 11.1 Å². The number of aryl methyl sites for hydroxylation is 1. The van der Waals surface area contributed by atoms with Crippen molar-refractivity contribution in [2.24, 2.45) is 5.92 Å². The predicted molar refractivity (Wildman–Crippen MR) is 172 cm³/mol. The lowest BCUT2D eigenvalue weighted by atomic mass is 9.87. The van der Waals surface area contributed by atoms with Crippen LogP contribution in [0.5, 0.6) is 0 Å². The fourth-order valence-corrected chi connectivity index (χ4v) is 7.09. The van der Waals surface area contributed by atoms with Crippen LogP contribution in [-0.4, -0.2) is 53.5 Å². The van der Waals surface area contributed by atoms with E-state index in [0.717, 1.165) is 66.0 Å². The molecule has 4 aromatic rings. The third kappa shape index (κ3) is 7.34. The molecule has 8 nitrogen and oxygen atoms in total. The second kappa shape index (κ2) is 14.0. The minimum atomic E-state index is -0.109. The number of Topliss-reactive ketones (excluding diaryl/α,β-unsaturated/α-hetero) is 1. The summed E-state index contributed by atoms with van der Waals surface area (Å²) in [6, 6.07) is 22.0. The van der Waals surface area contributed by atoms with Crippen molar-refractivity contribution in [1.29, 1.82) is 0 Å². The zero-order chi connectivity index (χ0) is 30.5. The molecule has 2 fully saturated rings. The minimum Gasteiger partial charge on any atom is -0.469 e. The van der Waals surface area contributed by atoms with Gasteiger partial charge in [-0.05, 0) is 86.9 Å². The molecule has 0 amide bonds. The molecule has 1 saturated heterocycles. The van der Waals surface area contributed by atoms with Gasteiger partial charge in [0, 0.05) is 35.7 Å². The Kier molecular flexibility index (Phi) is 9.64. The number of ether oxygens (including phenoxy) is 2. The number of hydrogen-bond donors (Lipinski definition) is 1. The lowest BCUT2D eigenvalue weighted by Gasteiger charge is -2.34. The summed E-state index contributed by atoms with van der Waals surface area (Å²) in [4.78, 5) is 33.1. The Morgan fingerprint density at radius 2 is 1.77 bits per heavy atom. The maximum atomic E-state index is 13.2. The van der Waals surface area contributed by atoms with Gasteiger partial charge in [0.2, 0.25) is 0 Å². The highest BCUT2D eigenvalue weighted by Gasteiger charge is 2.31. The van der Waals surface area contributed by atoms with Crippen LogP contribution >= 0.6 is 11.8 Å². The monoisotopic (exact) mass is 613 g/mol. The molecule has 0 bridgehead atoms. The molecule has 1 atom stereocenters. The maximum Gasteiger partial charge on any atom is 0.308 e. The van der Waals surface area contributed by atoms with E-state index in [1.807, 2.05) is 73.7 Å². The molecule has 0 radical (unpaired) electrons. The fourth-order valence-electron chi connectivity index (χ4n) is 5.99. The average molecular weight is 614 g/mol. The van der Waals surface area contributed by atoms with Crippen molar-refractivity contribution in [3.63, 3.8) is 0 Å². The first-order chi connectivity index (χ1) is 21.4. The van der Waals surface area contributed by atoms with Crippen LogP contribution in [0.2, 0.25) is 0 Å². The number of nitrogens with one attached hydrogen (secondary N) is 1. The van der Waals surface area contributed by atoms with E-state index in [1.165, 1.54) is 20.0 Å². The number of aromatic nitrogens is 1. The standard InChI is InChI=1S/C35H39N3O5S/c1-23-7-3-4-8-29(23)36-34-37-30-18-9-24(22-32(30)43-34)21-31(39)25-12-16-28(17-13-25)44-35(38-19-5-6-20-38)42-27-14-10-26(11-15-27)33(40)41-2/h3-4,7-9,12-13,16-18,22,26-27,35H,5-6,10-11,14-15,19-21H2,1-2H3,(H,36,37). The van der Waals surface area contributed by atoms with E-state index in [-0.39, 0.29) is 35.8 Å². The molecule has 230 valence electrons. The van der Waals surface area contributed by atoms with Gasteiger partial charge < -0.3 is 19.2 Å². The van der Waals surface area contributed by atoms with E-state index in [1.54, 1.807) is 11.8 Å². The number of benzene rings is 3. The van der Waals surface area contributed by atoms with Crippen molar-refractivity contribution in [2.45, 2.75) is 68.4 Å². The van der Waals surface area contributed by atoms with E-state index in [2.05, 4.69) is 15.2 Å². The SMILES string of the molecule is COC(=O)C1CCC(OC(Sc2ccc(C(=O)Cc3ccc4nc(Nc5ccccc5C)oc4c3)cc2)N2CCCC2)CC1. The van der Waals surface area contributed by atoms with Crippen LogP contribution in [0.1, 0.15) is 60.0 Å². The summed E-state index contributed by atoms with van der Waals surface area (Å²) in [5, 5.41) is 3.24. The first-order valence-corrected chi connectivity index (χ1v) is 16.3. The smallest absolute Gasteiger partial charge is 0.308 e. The average Bonchev–Trinajstić information content (AvgIpc) is 3.72. The number of rotatable bonds is 11. The molecular weight excluding hydrogens is 574 g/mol. The summed E-state index contributed by atoms with van der Waals surface area (Å²) in [5.74, 6) is -0.0743. The third-order valence-corrected chi connectivity index (χ3v) is 9.73. The highest BCUT2D eigenvalue weighted by Crippen LogP contribution is 2.35. The van der Waals surface area contributed by atoms with Crippen LogP contribution in [0, 0.1) is 12.8 Å². The second-order valence-electron chi connectivity index (χ2n) is 11.7. The van der Waals surface area contributed by atoms with Crippen LogP contribution < -0.4 is 5.32 Å². The number of carbonyl (C=O) groups is 2. The Morgan fingerprint density at radius 3 is 2.50 bits per heavy atom. The molecule has 1 N–H and O–H groups in total. The number of fused-ring (bicyclic) bond motifs is 1. The molecule has 9 heteroatoms. The van der Waals surface area contributed by atoms with Gasteiger partial charge in [-0.2, -0.15) is 4.98 Å². The van der Waals surface area contributed by atoms with Gasteiger partial charge in [0.05, 0.1) is 19.1 Å². The van der Waals surface area contributed by atoms with Crippen LogP contribution in [-0.2, 0) is 20.7 Å². The molecule has 0 spiro atoms. The van der Waals surface area contributed by atoms with Gasteiger partial charge in [-0.3, -0.25) is 14.5 Å². The first-order valence-electron chi connectivity index (χ1n) is 15.4. The molecule has 1 saturated carbocycles. The number of methoxy groups -OCH3 is 1. The van der Waals surface area contributed by atoms with Gasteiger partial charge in [-0.25, -0.2) is 0 Å². The molecule has 2 heterocycles. The van der Waals surface area contributed by atoms with Crippen LogP contribution in [0.15, 0.2) is 76.0 Å². The molecule has 1 unspecified atom stereocenters. The zero-order valence-corrected chi connectivity index (χ0v) is 26.1. The Labute approximate surface area is 262 Å². The number of anilines is 2. The van der Waals surface area contributed by atoms with Gasteiger partial charge in [-0.15, -0.1) is 0 Å². The first kappa shape index (κ1) is 30.4. The Hall–Kier alpha value is -3.66. The number of nitrogens with zero attached hydrogens (tertiary/aromatic N) is 2. The predicted octanol–water partition coefficient (Wildman–Crippen LogP) is 7.53. The van der Waals surface area contributed by atoms with Gasteiger partial charge in [0.15, 0.2) is 16.9 Å². The van der Waals surface area contributed by atoms with Crippen molar-refractivity contribution in [2.75, 3.05) is 25.5 Å². The summed E-state index contributed by atoms with van der Waals surface area (Å²) in [7, 11) is 1.46. The summed E-state index contributed by atoms with van der Waals surface area (Å²) < 4.78 is 17.5. The molecular formula is C35H39N3O5S. The summed E-state index contributed by atoms with van der Waals surface area (Å²) in [6.07, 6.45) is 6.09. The molecule has 1 aliphatic carbocycles.